The Morgan fingerprint density at radius 3 is 2.40 bits per heavy atom. The first-order valence-electron chi connectivity index (χ1n) is 11.6. The highest BCUT2D eigenvalue weighted by molar-refractivity contribution is 6.33. The SMILES string of the molecule is CCCN1CCC(NC(=NC)NCCCN2CCN(c3ccccc3Cl)CC2)CC1. The average Bonchev–Trinajstić information content (AvgIpc) is 2.78. The van der Waals surface area contributed by atoms with E-state index >= 15 is 0 Å². The standard InChI is InChI=1S/C23H39ClN6/c1-3-12-28-14-9-20(10-15-28)27-23(25-2)26-11-6-13-29-16-18-30(19-17-29)22-8-5-4-7-21(22)24/h4-5,7-8,20H,3,6,9-19H2,1-2H3,(H2,25,26,27). The predicted octanol–water partition coefficient (Wildman–Crippen LogP) is 2.89. The summed E-state index contributed by atoms with van der Waals surface area (Å²) in [4.78, 5) is 11.9. The summed E-state index contributed by atoms with van der Waals surface area (Å²) in [7, 11) is 1.87. The van der Waals surface area contributed by atoms with Gasteiger partial charge in [0.15, 0.2) is 5.96 Å². The molecule has 3 rings (SSSR count). The van der Waals surface area contributed by atoms with E-state index in [1.807, 2.05) is 19.2 Å². The summed E-state index contributed by atoms with van der Waals surface area (Å²) in [5.74, 6) is 0.951. The summed E-state index contributed by atoms with van der Waals surface area (Å²) >= 11 is 6.35. The highest BCUT2D eigenvalue weighted by atomic mass is 35.5. The van der Waals surface area contributed by atoms with Crippen molar-refractivity contribution in [1.29, 1.82) is 0 Å². The number of likely N-dealkylation sites (tertiary alicyclic amines) is 1. The quantitative estimate of drug-likeness (QED) is 0.374. The first-order chi connectivity index (χ1) is 14.7. The number of piperazine rings is 1. The van der Waals surface area contributed by atoms with Crippen LogP contribution in [0.2, 0.25) is 5.02 Å². The molecule has 0 atom stereocenters. The molecular weight excluding hydrogens is 396 g/mol. The molecule has 0 bridgehead atoms. The van der Waals surface area contributed by atoms with Gasteiger partial charge in [-0.3, -0.25) is 9.89 Å². The Morgan fingerprint density at radius 2 is 1.73 bits per heavy atom. The Bertz CT molecular complexity index is 651. The lowest BCUT2D eigenvalue weighted by Gasteiger charge is -2.36. The molecule has 2 N–H and O–H groups in total. The minimum absolute atomic E-state index is 0.544. The van der Waals surface area contributed by atoms with Crippen LogP contribution in [0.1, 0.15) is 32.6 Å². The molecule has 6 nitrogen and oxygen atoms in total. The number of anilines is 1. The van der Waals surface area contributed by atoms with Gasteiger partial charge < -0.3 is 20.4 Å². The number of aliphatic imine (C=N–C) groups is 1. The van der Waals surface area contributed by atoms with Crippen molar-refractivity contribution in [2.75, 3.05) is 70.9 Å². The largest absolute Gasteiger partial charge is 0.368 e. The van der Waals surface area contributed by atoms with E-state index in [0.717, 1.165) is 62.4 Å². The third-order valence-corrected chi connectivity index (χ3v) is 6.52. The Morgan fingerprint density at radius 1 is 1.03 bits per heavy atom. The molecule has 2 saturated heterocycles. The van der Waals surface area contributed by atoms with Crippen molar-refractivity contribution in [3.05, 3.63) is 29.3 Å². The monoisotopic (exact) mass is 434 g/mol. The molecule has 0 spiro atoms. The topological polar surface area (TPSA) is 46.1 Å². The highest BCUT2D eigenvalue weighted by Crippen LogP contribution is 2.25. The van der Waals surface area contributed by atoms with E-state index in [0.29, 0.717) is 6.04 Å². The molecular formula is C23H39ClN6. The summed E-state index contributed by atoms with van der Waals surface area (Å²) < 4.78 is 0. The summed E-state index contributed by atoms with van der Waals surface area (Å²) in [5, 5.41) is 7.97. The lowest BCUT2D eigenvalue weighted by atomic mass is 10.1. The summed E-state index contributed by atoms with van der Waals surface area (Å²) in [5.41, 5.74) is 1.16. The Labute approximate surface area is 187 Å². The molecule has 0 unspecified atom stereocenters. The number of nitrogens with zero attached hydrogens (tertiary/aromatic N) is 4. The molecule has 0 aliphatic carbocycles. The van der Waals surface area contributed by atoms with Gasteiger partial charge in [-0.05, 0) is 50.9 Å². The van der Waals surface area contributed by atoms with Crippen LogP contribution in [-0.2, 0) is 0 Å². The maximum atomic E-state index is 6.35. The molecule has 2 aliphatic rings. The third-order valence-electron chi connectivity index (χ3n) is 6.20. The molecule has 0 amide bonds. The van der Waals surface area contributed by atoms with Gasteiger partial charge in [0.1, 0.15) is 0 Å². The molecule has 2 aliphatic heterocycles. The van der Waals surface area contributed by atoms with Crippen LogP contribution in [0.3, 0.4) is 0 Å². The number of guanidine groups is 1. The zero-order valence-electron chi connectivity index (χ0n) is 18.7. The molecule has 2 heterocycles. The van der Waals surface area contributed by atoms with Crippen molar-refractivity contribution >= 4 is 23.2 Å². The van der Waals surface area contributed by atoms with Crippen LogP contribution in [0, 0.1) is 0 Å². The van der Waals surface area contributed by atoms with Gasteiger partial charge in [-0.2, -0.15) is 0 Å². The van der Waals surface area contributed by atoms with Gasteiger partial charge in [0.05, 0.1) is 10.7 Å². The number of piperidine rings is 1. The van der Waals surface area contributed by atoms with E-state index in [4.69, 9.17) is 11.6 Å². The minimum Gasteiger partial charge on any atom is -0.368 e. The van der Waals surface area contributed by atoms with Crippen LogP contribution in [0.25, 0.3) is 0 Å². The molecule has 7 heteroatoms. The van der Waals surface area contributed by atoms with Crippen LogP contribution in [0.4, 0.5) is 5.69 Å². The molecule has 2 fully saturated rings. The van der Waals surface area contributed by atoms with Crippen LogP contribution in [0.5, 0.6) is 0 Å². The van der Waals surface area contributed by atoms with Gasteiger partial charge in [0.25, 0.3) is 0 Å². The molecule has 1 aromatic carbocycles. The number of hydrogen-bond donors (Lipinski definition) is 2. The maximum Gasteiger partial charge on any atom is 0.191 e. The molecule has 0 saturated carbocycles. The van der Waals surface area contributed by atoms with Gasteiger partial charge >= 0.3 is 0 Å². The molecule has 1 aromatic rings. The van der Waals surface area contributed by atoms with E-state index in [1.165, 1.54) is 38.9 Å². The molecule has 30 heavy (non-hydrogen) atoms. The first kappa shape index (κ1) is 23.2. The molecule has 0 radical (unpaired) electrons. The smallest absolute Gasteiger partial charge is 0.191 e. The van der Waals surface area contributed by atoms with Gasteiger partial charge in [0, 0.05) is 58.9 Å². The van der Waals surface area contributed by atoms with Crippen molar-refractivity contribution in [1.82, 2.24) is 20.4 Å². The summed E-state index contributed by atoms with van der Waals surface area (Å²) in [6, 6.07) is 8.70. The van der Waals surface area contributed by atoms with Crippen LogP contribution >= 0.6 is 11.6 Å². The highest BCUT2D eigenvalue weighted by Gasteiger charge is 2.20. The average molecular weight is 435 g/mol. The molecule has 0 aromatic heterocycles. The normalized spacial score (nSPS) is 19.8. The lowest BCUT2D eigenvalue weighted by Crippen LogP contribution is -2.49. The minimum atomic E-state index is 0.544. The zero-order valence-corrected chi connectivity index (χ0v) is 19.5. The van der Waals surface area contributed by atoms with Gasteiger partial charge in [-0.15, -0.1) is 0 Å². The number of halogens is 1. The van der Waals surface area contributed by atoms with Gasteiger partial charge in [-0.1, -0.05) is 30.7 Å². The van der Waals surface area contributed by atoms with Crippen molar-refractivity contribution in [3.63, 3.8) is 0 Å². The van der Waals surface area contributed by atoms with E-state index in [9.17, 15) is 0 Å². The summed E-state index contributed by atoms with van der Waals surface area (Å²) in [6.45, 7) is 12.2. The van der Waals surface area contributed by atoms with Crippen molar-refractivity contribution in [2.24, 2.45) is 4.99 Å². The second-order valence-corrected chi connectivity index (χ2v) is 8.80. The van der Waals surface area contributed by atoms with Crippen LogP contribution in [0.15, 0.2) is 29.3 Å². The maximum absolute atomic E-state index is 6.35. The van der Waals surface area contributed by atoms with Crippen LogP contribution in [-0.4, -0.2) is 87.8 Å². The predicted molar refractivity (Wildman–Crippen MR) is 129 cm³/mol. The van der Waals surface area contributed by atoms with Crippen molar-refractivity contribution < 1.29 is 0 Å². The van der Waals surface area contributed by atoms with Crippen molar-refractivity contribution in [3.8, 4) is 0 Å². The van der Waals surface area contributed by atoms with E-state index in [2.05, 4.69) is 49.4 Å². The van der Waals surface area contributed by atoms with E-state index in [-0.39, 0.29) is 0 Å². The Hall–Kier alpha value is -1.50. The Balaban J connectivity index is 1.29. The zero-order chi connectivity index (χ0) is 21.2. The number of para-hydroxylation sites is 1. The second kappa shape index (κ2) is 12.4. The number of benzene rings is 1. The molecule has 168 valence electrons. The van der Waals surface area contributed by atoms with Gasteiger partial charge in [-0.25, -0.2) is 0 Å². The summed E-state index contributed by atoms with van der Waals surface area (Å²) in [6.07, 6.45) is 4.78. The van der Waals surface area contributed by atoms with Gasteiger partial charge in [0.2, 0.25) is 0 Å². The fourth-order valence-electron chi connectivity index (χ4n) is 4.44. The Kier molecular flexibility index (Phi) is 9.56. The lowest BCUT2D eigenvalue weighted by molar-refractivity contribution is 0.206. The first-order valence-corrected chi connectivity index (χ1v) is 12.0. The van der Waals surface area contributed by atoms with E-state index in [1.54, 1.807) is 0 Å². The van der Waals surface area contributed by atoms with Crippen LogP contribution < -0.4 is 15.5 Å². The fraction of sp³-hybridized carbons (Fsp3) is 0.696. The number of rotatable bonds is 8. The van der Waals surface area contributed by atoms with E-state index < -0.39 is 0 Å². The van der Waals surface area contributed by atoms with Crippen molar-refractivity contribution in [2.45, 2.75) is 38.6 Å². The number of hydrogen-bond acceptors (Lipinski definition) is 4. The second-order valence-electron chi connectivity index (χ2n) is 8.39. The fourth-order valence-corrected chi connectivity index (χ4v) is 4.69. The third kappa shape index (κ3) is 7.03. The number of nitrogens with one attached hydrogen (secondary N) is 2.